The molecule has 0 fully saturated rings. The maximum atomic E-state index is 11.7. The van der Waals surface area contributed by atoms with Gasteiger partial charge in [-0.15, -0.1) is 0 Å². The minimum absolute atomic E-state index is 0.0485. The molecular weight excluding hydrogens is 240 g/mol. The van der Waals surface area contributed by atoms with Crippen molar-refractivity contribution in [1.82, 2.24) is 20.1 Å². The van der Waals surface area contributed by atoms with E-state index < -0.39 is 0 Å². The van der Waals surface area contributed by atoms with Crippen molar-refractivity contribution in [3.63, 3.8) is 0 Å². The van der Waals surface area contributed by atoms with Crippen LogP contribution in [0.5, 0.6) is 0 Å². The van der Waals surface area contributed by atoms with Crippen molar-refractivity contribution in [2.75, 3.05) is 0 Å². The van der Waals surface area contributed by atoms with Crippen LogP contribution in [0.1, 0.15) is 25.8 Å². The predicted octanol–water partition coefficient (Wildman–Crippen LogP) is 1.93. The van der Waals surface area contributed by atoms with Gasteiger partial charge >= 0.3 is 0 Å². The van der Waals surface area contributed by atoms with E-state index in [0.717, 1.165) is 17.8 Å². The van der Waals surface area contributed by atoms with Crippen molar-refractivity contribution in [1.29, 1.82) is 0 Å². The van der Waals surface area contributed by atoms with E-state index in [-0.39, 0.29) is 11.8 Å². The zero-order chi connectivity index (χ0) is 13.7. The summed E-state index contributed by atoms with van der Waals surface area (Å²) >= 11 is 0. The molecule has 0 spiro atoms. The third-order valence-corrected chi connectivity index (χ3v) is 3.08. The monoisotopic (exact) mass is 258 g/mol. The first-order chi connectivity index (χ1) is 9.20. The third kappa shape index (κ3) is 3.40. The van der Waals surface area contributed by atoms with E-state index in [2.05, 4.69) is 15.4 Å². The van der Waals surface area contributed by atoms with Gasteiger partial charge in [-0.3, -0.25) is 4.79 Å². The first kappa shape index (κ1) is 13.3. The van der Waals surface area contributed by atoms with Crippen molar-refractivity contribution in [3.8, 4) is 5.82 Å². The Hall–Kier alpha value is -2.17. The topological polar surface area (TPSA) is 59.8 Å². The number of nitrogens with zero attached hydrogens (tertiary/aromatic N) is 3. The van der Waals surface area contributed by atoms with E-state index in [1.54, 1.807) is 17.1 Å². The summed E-state index contributed by atoms with van der Waals surface area (Å²) in [6.45, 7) is 4.45. The Balaban J connectivity index is 2.02. The predicted molar refractivity (Wildman–Crippen MR) is 72.7 cm³/mol. The zero-order valence-electron chi connectivity index (χ0n) is 11.2. The highest BCUT2D eigenvalue weighted by Crippen LogP contribution is 2.07. The van der Waals surface area contributed by atoms with Gasteiger partial charge in [0, 0.05) is 31.1 Å². The summed E-state index contributed by atoms with van der Waals surface area (Å²) in [5.41, 5.74) is 1.01. The number of nitrogens with one attached hydrogen (secondary N) is 1. The number of pyridine rings is 1. The molecule has 2 aromatic rings. The number of hydrogen-bond acceptors (Lipinski definition) is 3. The number of hydrogen-bond donors (Lipinski definition) is 1. The quantitative estimate of drug-likeness (QED) is 0.891. The number of carbonyl (C=O) groups is 1. The fraction of sp³-hybridized carbons (Fsp3) is 0.357. The van der Waals surface area contributed by atoms with Crippen LogP contribution in [-0.2, 0) is 11.3 Å². The second-order valence-corrected chi connectivity index (χ2v) is 4.50. The van der Waals surface area contributed by atoms with Crippen LogP contribution in [0.15, 0.2) is 36.8 Å². The molecule has 1 atom stereocenters. The van der Waals surface area contributed by atoms with E-state index in [0.29, 0.717) is 6.54 Å². The van der Waals surface area contributed by atoms with Gasteiger partial charge in [0.15, 0.2) is 5.82 Å². The summed E-state index contributed by atoms with van der Waals surface area (Å²) in [6.07, 6.45) is 6.12. The molecule has 0 aromatic carbocycles. The third-order valence-electron chi connectivity index (χ3n) is 3.08. The lowest BCUT2D eigenvalue weighted by Gasteiger charge is -2.10. The van der Waals surface area contributed by atoms with Gasteiger partial charge < -0.3 is 5.32 Å². The molecule has 5 heteroatoms. The molecule has 0 bridgehead atoms. The highest BCUT2D eigenvalue weighted by Gasteiger charge is 2.09. The smallest absolute Gasteiger partial charge is 0.223 e. The fourth-order valence-corrected chi connectivity index (χ4v) is 1.65. The molecule has 0 aliphatic carbocycles. The van der Waals surface area contributed by atoms with E-state index in [1.165, 1.54) is 0 Å². The Morgan fingerprint density at radius 1 is 1.47 bits per heavy atom. The number of carbonyl (C=O) groups excluding carboxylic acids is 1. The van der Waals surface area contributed by atoms with Gasteiger partial charge in [-0.05, 0) is 30.2 Å². The van der Waals surface area contributed by atoms with Gasteiger partial charge in [-0.25, -0.2) is 9.67 Å². The van der Waals surface area contributed by atoms with Crippen LogP contribution >= 0.6 is 0 Å². The number of rotatable bonds is 5. The maximum absolute atomic E-state index is 11.7. The maximum Gasteiger partial charge on any atom is 0.223 e. The standard InChI is InChI=1S/C14H18N4O/c1-3-11(2)14(19)16-10-12-5-7-15-13(9-12)18-8-4-6-17-18/h4-9,11H,3,10H2,1-2H3,(H,16,19)/t11-/m0/s1. The van der Waals surface area contributed by atoms with E-state index in [4.69, 9.17) is 0 Å². The van der Waals surface area contributed by atoms with Gasteiger partial charge in [0.25, 0.3) is 0 Å². The van der Waals surface area contributed by atoms with Crippen LogP contribution in [0.2, 0.25) is 0 Å². The Labute approximate surface area is 112 Å². The zero-order valence-corrected chi connectivity index (χ0v) is 11.2. The molecule has 0 radical (unpaired) electrons. The second-order valence-electron chi connectivity index (χ2n) is 4.50. The molecule has 0 aliphatic heterocycles. The summed E-state index contributed by atoms with van der Waals surface area (Å²) in [5, 5.41) is 7.06. The Kier molecular flexibility index (Phi) is 4.28. The molecule has 0 saturated carbocycles. The van der Waals surface area contributed by atoms with Crippen LogP contribution in [-0.4, -0.2) is 20.7 Å². The lowest BCUT2D eigenvalue weighted by atomic mass is 10.1. The lowest BCUT2D eigenvalue weighted by Crippen LogP contribution is -2.28. The molecule has 2 heterocycles. The normalized spacial score (nSPS) is 12.1. The van der Waals surface area contributed by atoms with Crippen molar-refractivity contribution in [3.05, 3.63) is 42.4 Å². The fourth-order valence-electron chi connectivity index (χ4n) is 1.65. The molecule has 2 aromatic heterocycles. The molecule has 100 valence electrons. The van der Waals surface area contributed by atoms with Crippen LogP contribution in [0, 0.1) is 5.92 Å². The van der Waals surface area contributed by atoms with Crippen molar-refractivity contribution < 1.29 is 4.79 Å². The van der Waals surface area contributed by atoms with Crippen molar-refractivity contribution in [2.45, 2.75) is 26.8 Å². The molecule has 0 aliphatic rings. The van der Waals surface area contributed by atoms with E-state index in [9.17, 15) is 4.79 Å². The number of amides is 1. The van der Waals surface area contributed by atoms with Crippen LogP contribution in [0.25, 0.3) is 5.82 Å². The largest absolute Gasteiger partial charge is 0.352 e. The second kappa shape index (κ2) is 6.13. The van der Waals surface area contributed by atoms with Crippen LogP contribution in [0.3, 0.4) is 0 Å². The highest BCUT2D eigenvalue weighted by atomic mass is 16.1. The molecule has 19 heavy (non-hydrogen) atoms. The summed E-state index contributed by atoms with van der Waals surface area (Å²) in [7, 11) is 0. The SMILES string of the molecule is CC[C@H](C)C(=O)NCc1ccnc(-n2cccn2)c1. The van der Waals surface area contributed by atoms with Crippen LogP contribution < -0.4 is 5.32 Å². The summed E-state index contributed by atoms with van der Waals surface area (Å²) in [6, 6.07) is 5.66. The summed E-state index contributed by atoms with van der Waals surface area (Å²) in [4.78, 5) is 16.0. The molecule has 5 nitrogen and oxygen atoms in total. The first-order valence-electron chi connectivity index (χ1n) is 6.43. The van der Waals surface area contributed by atoms with Gasteiger partial charge in [0.1, 0.15) is 0 Å². The molecule has 1 N–H and O–H groups in total. The van der Waals surface area contributed by atoms with E-state index in [1.807, 2.05) is 38.2 Å². The van der Waals surface area contributed by atoms with Gasteiger partial charge in [-0.2, -0.15) is 5.10 Å². The Morgan fingerprint density at radius 2 is 2.32 bits per heavy atom. The van der Waals surface area contributed by atoms with Crippen molar-refractivity contribution in [2.24, 2.45) is 5.92 Å². The van der Waals surface area contributed by atoms with Crippen molar-refractivity contribution >= 4 is 5.91 Å². The molecule has 2 rings (SSSR count). The van der Waals surface area contributed by atoms with Gasteiger partial charge in [-0.1, -0.05) is 13.8 Å². The first-order valence-corrected chi connectivity index (χ1v) is 6.43. The minimum atomic E-state index is 0.0485. The highest BCUT2D eigenvalue weighted by molar-refractivity contribution is 5.78. The molecule has 0 saturated heterocycles. The molecular formula is C14H18N4O. The Morgan fingerprint density at radius 3 is 3.00 bits per heavy atom. The van der Waals surface area contributed by atoms with E-state index >= 15 is 0 Å². The Bertz CT molecular complexity index is 536. The summed E-state index contributed by atoms with van der Waals surface area (Å²) < 4.78 is 1.69. The van der Waals surface area contributed by atoms with Gasteiger partial charge in [0.05, 0.1) is 0 Å². The number of aromatic nitrogens is 3. The lowest BCUT2D eigenvalue weighted by molar-refractivity contribution is -0.124. The minimum Gasteiger partial charge on any atom is -0.352 e. The average Bonchev–Trinajstić information content (AvgIpc) is 2.98. The molecule has 1 amide bonds. The molecule has 0 unspecified atom stereocenters. The summed E-state index contributed by atoms with van der Waals surface area (Å²) in [5.74, 6) is 0.882. The average molecular weight is 258 g/mol. The van der Waals surface area contributed by atoms with Gasteiger partial charge in [0.2, 0.25) is 5.91 Å². The van der Waals surface area contributed by atoms with Crippen LogP contribution in [0.4, 0.5) is 0 Å².